The van der Waals surface area contributed by atoms with Crippen molar-refractivity contribution in [2.24, 2.45) is 0 Å². The maximum atomic E-state index is 11.8. The molecule has 0 aliphatic heterocycles. The van der Waals surface area contributed by atoms with Crippen LogP contribution < -0.4 is 15.4 Å². The quantitative estimate of drug-likeness (QED) is 0.750. The van der Waals surface area contributed by atoms with Crippen LogP contribution in [0.15, 0.2) is 42.5 Å². The molecule has 0 unspecified atom stereocenters. The fourth-order valence-electron chi connectivity index (χ4n) is 1.71. The van der Waals surface area contributed by atoms with Crippen molar-refractivity contribution in [1.29, 1.82) is 0 Å². The van der Waals surface area contributed by atoms with E-state index in [1.165, 1.54) is 0 Å². The van der Waals surface area contributed by atoms with Crippen LogP contribution in [0.1, 0.15) is 5.56 Å². The van der Waals surface area contributed by atoms with Crippen molar-refractivity contribution in [1.82, 2.24) is 0 Å². The number of aryl methyl sites for hydroxylation is 1. The summed E-state index contributed by atoms with van der Waals surface area (Å²) in [5.74, 6) is 0.752. The van der Waals surface area contributed by atoms with Gasteiger partial charge in [0.2, 0.25) is 0 Å². The standard InChI is InChI=1S/C15H16N2O3/c1-10-3-8-13(14(18)9-10)17-15(19)16-11-4-6-12(20-2)7-5-11/h3-9,18H,1-2H3,(H2,16,17,19). The van der Waals surface area contributed by atoms with Crippen LogP contribution in [-0.4, -0.2) is 18.2 Å². The van der Waals surface area contributed by atoms with Crippen molar-refractivity contribution in [3.63, 3.8) is 0 Å². The molecule has 5 nitrogen and oxygen atoms in total. The van der Waals surface area contributed by atoms with Gasteiger partial charge in [0.15, 0.2) is 0 Å². The second kappa shape index (κ2) is 5.97. The normalized spacial score (nSPS) is 9.90. The number of carbonyl (C=O) groups excluding carboxylic acids is 1. The Balaban J connectivity index is 2.01. The molecule has 0 aromatic heterocycles. The number of anilines is 2. The van der Waals surface area contributed by atoms with Gasteiger partial charge in [-0.05, 0) is 48.9 Å². The highest BCUT2D eigenvalue weighted by Crippen LogP contribution is 2.24. The van der Waals surface area contributed by atoms with Crippen molar-refractivity contribution >= 4 is 17.4 Å². The molecule has 0 fully saturated rings. The minimum Gasteiger partial charge on any atom is -0.506 e. The molecule has 0 heterocycles. The average molecular weight is 272 g/mol. The highest BCUT2D eigenvalue weighted by Gasteiger charge is 2.06. The van der Waals surface area contributed by atoms with E-state index in [0.29, 0.717) is 17.1 Å². The maximum absolute atomic E-state index is 11.8. The summed E-state index contributed by atoms with van der Waals surface area (Å²) in [6.45, 7) is 1.86. The molecule has 0 atom stereocenters. The van der Waals surface area contributed by atoms with E-state index in [9.17, 15) is 9.90 Å². The average Bonchev–Trinajstić information content (AvgIpc) is 2.43. The Kier molecular flexibility index (Phi) is 4.10. The van der Waals surface area contributed by atoms with E-state index < -0.39 is 6.03 Å². The van der Waals surface area contributed by atoms with Gasteiger partial charge in [-0.15, -0.1) is 0 Å². The lowest BCUT2D eigenvalue weighted by molar-refractivity contribution is 0.262. The molecule has 0 aliphatic rings. The van der Waals surface area contributed by atoms with Crippen LogP contribution in [-0.2, 0) is 0 Å². The zero-order chi connectivity index (χ0) is 14.5. The molecule has 0 radical (unpaired) electrons. The van der Waals surface area contributed by atoms with Crippen LogP contribution in [0.25, 0.3) is 0 Å². The van der Waals surface area contributed by atoms with Crippen molar-refractivity contribution in [2.75, 3.05) is 17.7 Å². The Bertz CT molecular complexity index is 609. The van der Waals surface area contributed by atoms with Crippen LogP contribution in [0.2, 0.25) is 0 Å². The summed E-state index contributed by atoms with van der Waals surface area (Å²) in [6.07, 6.45) is 0. The summed E-state index contributed by atoms with van der Waals surface area (Å²) in [5, 5.41) is 15.0. The van der Waals surface area contributed by atoms with E-state index in [-0.39, 0.29) is 5.75 Å². The molecule has 2 amide bonds. The van der Waals surface area contributed by atoms with Gasteiger partial charge >= 0.3 is 6.03 Å². The molecule has 0 saturated heterocycles. The number of hydrogen-bond donors (Lipinski definition) is 3. The molecule has 0 spiro atoms. The Morgan fingerprint density at radius 2 is 1.80 bits per heavy atom. The number of benzene rings is 2. The molecule has 0 saturated carbocycles. The number of hydrogen-bond acceptors (Lipinski definition) is 3. The van der Waals surface area contributed by atoms with E-state index in [4.69, 9.17) is 4.74 Å². The molecular weight excluding hydrogens is 256 g/mol. The summed E-state index contributed by atoms with van der Waals surface area (Å²) in [6, 6.07) is 11.6. The highest BCUT2D eigenvalue weighted by molar-refractivity contribution is 6.00. The van der Waals surface area contributed by atoms with E-state index in [0.717, 1.165) is 5.56 Å². The van der Waals surface area contributed by atoms with Crippen LogP contribution in [0.3, 0.4) is 0 Å². The van der Waals surface area contributed by atoms with E-state index in [2.05, 4.69) is 10.6 Å². The van der Waals surface area contributed by atoms with Gasteiger partial charge in [-0.2, -0.15) is 0 Å². The molecule has 20 heavy (non-hydrogen) atoms. The number of phenols is 1. The monoisotopic (exact) mass is 272 g/mol. The third-order valence-electron chi connectivity index (χ3n) is 2.75. The van der Waals surface area contributed by atoms with Gasteiger partial charge in [-0.25, -0.2) is 4.79 Å². The number of urea groups is 1. The van der Waals surface area contributed by atoms with Crippen molar-refractivity contribution in [3.8, 4) is 11.5 Å². The molecule has 104 valence electrons. The van der Waals surface area contributed by atoms with Gasteiger partial charge in [-0.1, -0.05) is 6.07 Å². The zero-order valence-corrected chi connectivity index (χ0v) is 11.3. The van der Waals surface area contributed by atoms with Crippen molar-refractivity contribution in [2.45, 2.75) is 6.92 Å². The minimum absolute atomic E-state index is 0.0369. The van der Waals surface area contributed by atoms with Gasteiger partial charge in [0, 0.05) is 5.69 Å². The van der Waals surface area contributed by atoms with Gasteiger partial charge in [0.1, 0.15) is 11.5 Å². The third-order valence-corrected chi connectivity index (χ3v) is 2.75. The first-order valence-electron chi connectivity index (χ1n) is 6.10. The fourth-order valence-corrected chi connectivity index (χ4v) is 1.71. The predicted octanol–water partition coefficient (Wildman–Crippen LogP) is 3.35. The Labute approximate surface area is 117 Å². The van der Waals surface area contributed by atoms with Crippen LogP contribution >= 0.6 is 0 Å². The van der Waals surface area contributed by atoms with Crippen LogP contribution in [0, 0.1) is 6.92 Å². The molecule has 5 heteroatoms. The van der Waals surface area contributed by atoms with E-state index >= 15 is 0 Å². The van der Waals surface area contributed by atoms with Gasteiger partial charge < -0.3 is 20.5 Å². The second-order valence-electron chi connectivity index (χ2n) is 4.33. The Hall–Kier alpha value is -2.69. The number of carbonyl (C=O) groups is 1. The third kappa shape index (κ3) is 3.41. The molecule has 3 N–H and O–H groups in total. The molecular formula is C15H16N2O3. The molecule has 0 aliphatic carbocycles. The zero-order valence-electron chi connectivity index (χ0n) is 11.3. The largest absolute Gasteiger partial charge is 0.506 e. The first kappa shape index (κ1) is 13.7. The molecule has 0 bridgehead atoms. The molecule has 2 aromatic rings. The lowest BCUT2D eigenvalue weighted by atomic mass is 10.2. The number of rotatable bonds is 3. The SMILES string of the molecule is COc1ccc(NC(=O)Nc2ccc(C)cc2O)cc1. The fraction of sp³-hybridized carbons (Fsp3) is 0.133. The van der Waals surface area contributed by atoms with Gasteiger partial charge in [0.25, 0.3) is 0 Å². The van der Waals surface area contributed by atoms with Crippen molar-refractivity contribution in [3.05, 3.63) is 48.0 Å². The highest BCUT2D eigenvalue weighted by atomic mass is 16.5. The Morgan fingerprint density at radius 3 is 2.40 bits per heavy atom. The van der Waals surface area contributed by atoms with Gasteiger partial charge in [0.05, 0.1) is 12.8 Å². The summed E-state index contributed by atoms with van der Waals surface area (Å²) in [7, 11) is 1.58. The number of nitrogens with one attached hydrogen (secondary N) is 2. The first-order chi connectivity index (χ1) is 9.58. The second-order valence-corrected chi connectivity index (χ2v) is 4.33. The topological polar surface area (TPSA) is 70.6 Å². The van der Waals surface area contributed by atoms with E-state index in [1.54, 1.807) is 43.5 Å². The predicted molar refractivity (Wildman–Crippen MR) is 78.5 cm³/mol. The molecule has 2 aromatic carbocycles. The van der Waals surface area contributed by atoms with Gasteiger partial charge in [-0.3, -0.25) is 0 Å². The van der Waals surface area contributed by atoms with Crippen molar-refractivity contribution < 1.29 is 14.6 Å². The number of amides is 2. The summed E-state index contributed by atoms with van der Waals surface area (Å²) >= 11 is 0. The van der Waals surface area contributed by atoms with Crippen LogP contribution in [0.4, 0.5) is 16.2 Å². The number of ether oxygens (including phenoxy) is 1. The summed E-state index contributed by atoms with van der Waals surface area (Å²) in [5.41, 5.74) is 1.92. The lowest BCUT2D eigenvalue weighted by Gasteiger charge is -2.10. The van der Waals surface area contributed by atoms with E-state index in [1.807, 2.05) is 13.0 Å². The number of methoxy groups -OCH3 is 1. The van der Waals surface area contributed by atoms with Crippen LogP contribution in [0.5, 0.6) is 11.5 Å². The smallest absolute Gasteiger partial charge is 0.323 e. The number of aromatic hydroxyl groups is 1. The lowest BCUT2D eigenvalue weighted by Crippen LogP contribution is -2.19. The Morgan fingerprint density at radius 1 is 1.10 bits per heavy atom. The first-order valence-corrected chi connectivity index (χ1v) is 6.10. The molecule has 2 rings (SSSR count). The summed E-state index contributed by atoms with van der Waals surface area (Å²) < 4.78 is 5.04. The number of phenolic OH excluding ortho intramolecular Hbond substituents is 1. The minimum atomic E-state index is -0.422. The summed E-state index contributed by atoms with van der Waals surface area (Å²) in [4.78, 5) is 11.8. The maximum Gasteiger partial charge on any atom is 0.323 e.